The lowest BCUT2D eigenvalue weighted by Gasteiger charge is -2.23. The van der Waals surface area contributed by atoms with Crippen molar-refractivity contribution in [3.63, 3.8) is 0 Å². The highest BCUT2D eigenvalue weighted by atomic mass is 32.2. The van der Waals surface area contributed by atoms with Gasteiger partial charge in [0.2, 0.25) is 10.0 Å². The summed E-state index contributed by atoms with van der Waals surface area (Å²) in [6.07, 6.45) is 3.36. The standard InChI is InChI=1S/C13H20N2O3S2/c16-10-12-13(4-8-19-12)20(17,18)15-7-3-11(9-15)14-5-1-2-6-14/h4,8,11,16H,1-3,5-7,9-10H2. The molecule has 0 aromatic carbocycles. The van der Waals surface area contributed by atoms with Gasteiger partial charge in [-0.15, -0.1) is 11.3 Å². The van der Waals surface area contributed by atoms with E-state index >= 15 is 0 Å². The number of aliphatic hydroxyl groups is 1. The Morgan fingerprint density at radius 3 is 2.75 bits per heavy atom. The van der Waals surface area contributed by atoms with E-state index in [9.17, 15) is 13.5 Å². The highest BCUT2D eigenvalue weighted by Gasteiger charge is 2.36. The van der Waals surface area contributed by atoms with Crippen molar-refractivity contribution in [1.82, 2.24) is 9.21 Å². The molecule has 1 aromatic heterocycles. The number of sulfonamides is 1. The first kappa shape index (κ1) is 14.5. The highest BCUT2D eigenvalue weighted by molar-refractivity contribution is 7.89. The van der Waals surface area contributed by atoms with E-state index in [2.05, 4.69) is 4.90 Å². The normalized spacial score (nSPS) is 25.6. The Labute approximate surface area is 123 Å². The molecule has 2 fully saturated rings. The van der Waals surface area contributed by atoms with Gasteiger partial charge in [-0.05, 0) is 43.8 Å². The maximum absolute atomic E-state index is 12.6. The molecule has 20 heavy (non-hydrogen) atoms. The van der Waals surface area contributed by atoms with Crippen LogP contribution in [0, 0.1) is 0 Å². The smallest absolute Gasteiger partial charge is 0.244 e. The van der Waals surface area contributed by atoms with Gasteiger partial charge in [0.1, 0.15) is 0 Å². The minimum absolute atomic E-state index is 0.213. The first-order valence-electron chi connectivity index (χ1n) is 7.04. The number of hydrogen-bond donors (Lipinski definition) is 1. The second-order valence-electron chi connectivity index (χ2n) is 5.41. The van der Waals surface area contributed by atoms with Gasteiger partial charge in [0.25, 0.3) is 0 Å². The van der Waals surface area contributed by atoms with Crippen LogP contribution in [-0.4, -0.2) is 55.0 Å². The van der Waals surface area contributed by atoms with E-state index in [-0.39, 0.29) is 11.5 Å². The van der Waals surface area contributed by atoms with E-state index < -0.39 is 10.0 Å². The van der Waals surface area contributed by atoms with Crippen molar-refractivity contribution in [3.05, 3.63) is 16.3 Å². The van der Waals surface area contributed by atoms with E-state index in [1.54, 1.807) is 15.8 Å². The van der Waals surface area contributed by atoms with Crippen LogP contribution in [0.2, 0.25) is 0 Å². The van der Waals surface area contributed by atoms with Gasteiger partial charge in [0.05, 0.1) is 11.5 Å². The Bertz CT molecular complexity index is 564. The van der Waals surface area contributed by atoms with Crippen molar-refractivity contribution in [3.8, 4) is 0 Å². The topological polar surface area (TPSA) is 60.9 Å². The molecule has 0 radical (unpaired) electrons. The minimum Gasteiger partial charge on any atom is -0.391 e. The maximum atomic E-state index is 12.6. The molecule has 1 unspecified atom stereocenters. The van der Waals surface area contributed by atoms with Crippen molar-refractivity contribution >= 4 is 21.4 Å². The molecule has 2 aliphatic heterocycles. The van der Waals surface area contributed by atoms with Gasteiger partial charge in [0.15, 0.2) is 0 Å². The average molecular weight is 316 g/mol. The molecule has 0 spiro atoms. The molecule has 2 aliphatic rings. The van der Waals surface area contributed by atoms with Crippen LogP contribution in [0.25, 0.3) is 0 Å². The molecular weight excluding hydrogens is 296 g/mol. The van der Waals surface area contributed by atoms with E-state index in [1.807, 2.05) is 0 Å². The molecule has 0 bridgehead atoms. The Morgan fingerprint density at radius 1 is 1.30 bits per heavy atom. The number of likely N-dealkylation sites (tertiary alicyclic amines) is 1. The van der Waals surface area contributed by atoms with Gasteiger partial charge in [-0.1, -0.05) is 0 Å². The van der Waals surface area contributed by atoms with Crippen molar-refractivity contribution in [2.75, 3.05) is 26.2 Å². The largest absolute Gasteiger partial charge is 0.391 e. The SMILES string of the molecule is O=S(=O)(c1ccsc1CO)N1CCC(N2CCCC2)C1. The zero-order chi connectivity index (χ0) is 14.2. The average Bonchev–Trinajstić information content (AvgIpc) is 3.17. The second kappa shape index (κ2) is 5.73. The zero-order valence-electron chi connectivity index (χ0n) is 11.4. The van der Waals surface area contributed by atoms with Gasteiger partial charge in [0, 0.05) is 24.0 Å². The summed E-state index contributed by atoms with van der Waals surface area (Å²) < 4.78 is 26.9. The van der Waals surface area contributed by atoms with Crippen molar-refractivity contribution < 1.29 is 13.5 Å². The van der Waals surface area contributed by atoms with Gasteiger partial charge in [-0.25, -0.2) is 8.42 Å². The third-order valence-electron chi connectivity index (χ3n) is 4.25. The number of thiophene rings is 1. The van der Waals surface area contributed by atoms with E-state index in [4.69, 9.17) is 0 Å². The molecule has 0 saturated carbocycles. The lowest BCUT2D eigenvalue weighted by atomic mass is 10.2. The van der Waals surface area contributed by atoms with Crippen LogP contribution in [0.1, 0.15) is 24.1 Å². The van der Waals surface area contributed by atoms with Crippen LogP contribution < -0.4 is 0 Å². The Morgan fingerprint density at radius 2 is 2.05 bits per heavy atom. The fraction of sp³-hybridized carbons (Fsp3) is 0.692. The molecule has 7 heteroatoms. The monoisotopic (exact) mass is 316 g/mol. The summed E-state index contributed by atoms with van der Waals surface area (Å²) in [5.74, 6) is 0. The predicted octanol–water partition coefficient (Wildman–Crippen LogP) is 1.10. The summed E-state index contributed by atoms with van der Waals surface area (Å²) in [4.78, 5) is 3.23. The molecule has 5 nitrogen and oxygen atoms in total. The third-order valence-corrected chi connectivity index (χ3v) is 7.23. The van der Waals surface area contributed by atoms with Gasteiger partial charge in [-0.2, -0.15) is 4.31 Å². The van der Waals surface area contributed by atoms with Crippen LogP contribution in [0.15, 0.2) is 16.3 Å². The number of nitrogens with zero attached hydrogens (tertiary/aromatic N) is 2. The summed E-state index contributed by atoms with van der Waals surface area (Å²) in [7, 11) is -3.44. The Kier molecular flexibility index (Phi) is 4.14. The van der Waals surface area contributed by atoms with Gasteiger partial charge < -0.3 is 5.11 Å². The zero-order valence-corrected chi connectivity index (χ0v) is 13.0. The van der Waals surface area contributed by atoms with E-state index in [0.717, 1.165) is 19.5 Å². The van der Waals surface area contributed by atoms with Gasteiger partial charge in [-0.3, -0.25) is 4.90 Å². The van der Waals surface area contributed by atoms with E-state index in [1.165, 1.54) is 24.2 Å². The predicted molar refractivity (Wildman–Crippen MR) is 78.2 cm³/mol. The number of hydrogen-bond acceptors (Lipinski definition) is 5. The summed E-state index contributed by atoms with van der Waals surface area (Å²) in [5, 5.41) is 11.0. The fourth-order valence-corrected chi connectivity index (χ4v) is 5.90. The highest BCUT2D eigenvalue weighted by Crippen LogP contribution is 2.29. The van der Waals surface area contributed by atoms with Crippen molar-refractivity contribution in [1.29, 1.82) is 0 Å². The van der Waals surface area contributed by atoms with Crippen LogP contribution in [-0.2, 0) is 16.6 Å². The summed E-state index contributed by atoms with van der Waals surface area (Å²) in [6, 6.07) is 1.97. The maximum Gasteiger partial charge on any atom is 0.244 e. The molecule has 112 valence electrons. The molecule has 3 heterocycles. The molecule has 0 aliphatic carbocycles. The lowest BCUT2D eigenvalue weighted by molar-refractivity contribution is 0.251. The number of aliphatic hydroxyl groups excluding tert-OH is 1. The molecule has 1 N–H and O–H groups in total. The Hall–Kier alpha value is -0.470. The molecule has 1 aromatic rings. The molecule has 3 rings (SSSR count). The van der Waals surface area contributed by atoms with Gasteiger partial charge >= 0.3 is 0 Å². The summed E-state index contributed by atoms with van der Waals surface area (Å²) in [5.41, 5.74) is 0. The first-order valence-corrected chi connectivity index (χ1v) is 9.36. The fourth-order valence-electron chi connectivity index (χ4n) is 3.15. The van der Waals surface area contributed by atoms with Crippen LogP contribution in [0.3, 0.4) is 0 Å². The van der Waals surface area contributed by atoms with Crippen molar-refractivity contribution in [2.24, 2.45) is 0 Å². The summed E-state index contributed by atoms with van der Waals surface area (Å²) >= 11 is 1.30. The second-order valence-corrected chi connectivity index (χ2v) is 8.32. The minimum atomic E-state index is -3.44. The first-order chi connectivity index (χ1) is 9.63. The third kappa shape index (κ3) is 2.53. The Balaban J connectivity index is 1.76. The van der Waals surface area contributed by atoms with Crippen LogP contribution in [0.5, 0.6) is 0 Å². The summed E-state index contributed by atoms with van der Waals surface area (Å²) in [6.45, 7) is 3.15. The van der Waals surface area contributed by atoms with Crippen LogP contribution >= 0.6 is 11.3 Å². The van der Waals surface area contributed by atoms with Crippen molar-refractivity contribution in [2.45, 2.75) is 36.8 Å². The molecular formula is C13H20N2O3S2. The number of rotatable bonds is 4. The molecule has 0 amide bonds. The quantitative estimate of drug-likeness (QED) is 0.903. The lowest BCUT2D eigenvalue weighted by Crippen LogP contribution is -2.37. The van der Waals surface area contributed by atoms with E-state index in [0.29, 0.717) is 24.0 Å². The molecule has 2 saturated heterocycles. The molecule has 1 atom stereocenters. The van der Waals surface area contributed by atoms with Crippen LogP contribution in [0.4, 0.5) is 0 Å².